The molecule has 0 saturated heterocycles. The Morgan fingerprint density at radius 1 is 1.26 bits per heavy atom. The predicted octanol–water partition coefficient (Wildman–Crippen LogP) is 1.23. The first-order valence-corrected chi connectivity index (χ1v) is 6.56. The molecule has 0 bridgehead atoms. The summed E-state index contributed by atoms with van der Waals surface area (Å²) in [6.45, 7) is 7.62. The zero-order chi connectivity index (χ0) is 14.1. The minimum Gasteiger partial charge on any atom is -0.508 e. The minimum atomic E-state index is -0.139. The molecule has 19 heavy (non-hydrogen) atoms. The SMILES string of the molecule is CCN(CC)CCNC(=O)COc1ccc(O)cc1. The summed E-state index contributed by atoms with van der Waals surface area (Å²) in [4.78, 5) is 13.8. The number of nitrogens with one attached hydrogen (secondary N) is 1. The second kappa shape index (κ2) is 8.37. The maximum atomic E-state index is 11.5. The molecule has 0 atom stereocenters. The summed E-state index contributed by atoms with van der Waals surface area (Å²) >= 11 is 0. The average Bonchev–Trinajstić information content (AvgIpc) is 2.43. The van der Waals surface area contributed by atoms with Gasteiger partial charge in [0.2, 0.25) is 0 Å². The van der Waals surface area contributed by atoms with Gasteiger partial charge in [0.25, 0.3) is 5.91 Å². The molecule has 0 heterocycles. The second-order valence-corrected chi connectivity index (χ2v) is 4.16. The van der Waals surface area contributed by atoms with Crippen LogP contribution in [0.5, 0.6) is 11.5 Å². The molecule has 0 aromatic heterocycles. The number of hydrogen-bond donors (Lipinski definition) is 2. The van der Waals surface area contributed by atoms with Crippen LogP contribution in [0, 0.1) is 0 Å². The van der Waals surface area contributed by atoms with E-state index >= 15 is 0 Å². The Balaban J connectivity index is 2.19. The van der Waals surface area contributed by atoms with Gasteiger partial charge in [-0.25, -0.2) is 0 Å². The molecule has 5 nitrogen and oxygen atoms in total. The van der Waals surface area contributed by atoms with Crippen molar-refractivity contribution in [3.8, 4) is 11.5 Å². The van der Waals surface area contributed by atoms with E-state index in [9.17, 15) is 4.79 Å². The lowest BCUT2D eigenvalue weighted by Gasteiger charge is -2.17. The lowest BCUT2D eigenvalue weighted by molar-refractivity contribution is -0.123. The fourth-order valence-electron chi connectivity index (χ4n) is 1.64. The van der Waals surface area contributed by atoms with Gasteiger partial charge >= 0.3 is 0 Å². The van der Waals surface area contributed by atoms with Crippen molar-refractivity contribution in [2.45, 2.75) is 13.8 Å². The van der Waals surface area contributed by atoms with Crippen molar-refractivity contribution >= 4 is 5.91 Å². The lowest BCUT2D eigenvalue weighted by Crippen LogP contribution is -2.36. The highest BCUT2D eigenvalue weighted by molar-refractivity contribution is 5.77. The van der Waals surface area contributed by atoms with Crippen LogP contribution in [-0.2, 0) is 4.79 Å². The van der Waals surface area contributed by atoms with E-state index in [2.05, 4.69) is 24.1 Å². The maximum Gasteiger partial charge on any atom is 0.257 e. The molecule has 0 saturated carbocycles. The zero-order valence-electron chi connectivity index (χ0n) is 11.6. The number of carbonyl (C=O) groups is 1. The second-order valence-electron chi connectivity index (χ2n) is 4.16. The molecule has 2 N–H and O–H groups in total. The summed E-state index contributed by atoms with van der Waals surface area (Å²) in [5.41, 5.74) is 0. The Morgan fingerprint density at radius 2 is 1.89 bits per heavy atom. The van der Waals surface area contributed by atoms with E-state index in [0.717, 1.165) is 19.6 Å². The number of carbonyl (C=O) groups excluding carboxylic acids is 1. The number of benzene rings is 1. The molecule has 1 aromatic carbocycles. The number of rotatable bonds is 8. The Hall–Kier alpha value is -1.75. The van der Waals surface area contributed by atoms with Crippen molar-refractivity contribution in [1.29, 1.82) is 0 Å². The van der Waals surface area contributed by atoms with Gasteiger partial charge in [0.05, 0.1) is 0 Å². The summed E-state index contributed by atoms with van der Waals surface area (Å²) in [5.74, 6) is 0.605. The Morgan fingerprint density at radius 3 is 2.47 bits per heavy atom. The van der Waals surface area contributed by atoms with Gasteiger partial charge < -0.3 is 20.1 Å². The van der Waals surface area contributed by atoms with Crippen LogP contribution >= 0.6 is 0 Å². The fraction of sp³-hybridized carbons (Fsp3) is 0.500. The molecule has 106 valence electrons. The van der Waals surface area contributed by atoms with Crippen LogP contribution in [0.15, 0.2) is 24.3 Å². The van der Waals surface area contributed by atoms with Crippen LogP contribution in [0.3, 0.4) is 0 Å². The number of aromatic hydroxyl groups is 1. The largest absolute Gasteiger partial charge is 0.508 e. The molecule has 0 aliphatic heterocycles. The van der Waals surface area contributed by atoms with Gasteiger partial charge in [-0.3, -0.25) is 4.79 Å². The topological polar surface area (TPSA) is 61.8 Å². The third-order valence-electron chi connectivity index (χ3n) is 2.85. The van der Waals surface area contributed by atoms with Crippen molar-refractivity contribution in [2.75, 3.05) is 32.8 Å². The van der Waals surface area contributed by atoms with Gasteiger partial charge in [0, 0.05) is 13.1 Å². The van der Waals surface area contributed by atoms with E-state index in [1.807, 2.05) is 0 Å². The molecule has 0 aliphatic carbocycles. The standard InChI is InChI=1S/C14H22N2O3/c1-3-16(4-2)10-9-15-14(18)11-19-13-7-5-12(17)6-8-13/h5-8,17H,3-4,9-11H2,1-2H3,(H,15,18). The highest BCUT2D eigenvalue weighted by Gasteiger charge is 2.04. The smallest absolute Gasteiger partial charge is 0.257 e. The molecule has 0 unspecified atom stereocenters. The molecular weight excluding hydrogens is 244 g/mol. The van der Waals surface area contributed by atoms with E-state index in [1.165, 1.54) is 12.1 Å². The first-order valence-electron chi connectivity index (χ1n) is 6.56. The van der Waals surface area contributed by atoms with Gasteiger partial charge in [-0.1, -0.05) is 13.8 Å². The Bertz CT molecular complexity index is 375. The van der Waals surface area contributed by atoms with Crippen LogP contribution in [-0.4, -0.2) is 48.7 Å². The van der Waals surface area contributed by atoms with Crippen LogP contribution < -0.4 is 10.1 Å². The van der Waals surface area contributed by atoms with Crippen molar-refractivity contribution < 1.29 is 14.6 Å². The summed E-state index contributed by atoms with van der Waals surface area (Å²) in [5, 5.41) is 11.9. The summed E-state index contributed by atoms with van der Waals surface area (Å²) in [6, 6.07) is 6.29. The van der Waals surface area contributed by atoms with Crippen LogP contribution in [0.25, 0.3) is 0 Å². The molecular formula is C14H22N2O3. The maximum absolute atomic E-state index is 11.5. The van der Waals surface area contributed by atoms with E-state index in [-0.39, 0.29) is 18.3 Å². The Kier molecular flexibility index (Phi) is 6.74. The fourth-order valence-corrected chi connectivity index (χ4v) is 1.64. The van der Waals surface area contributed by atoms with E-state index in [1.54, 1.807) is 12.1 Å². The number of nitrogens with zero attached hydrogens (tertiary/aromatic N) is 1. The van der Waals surface area contributed by atoms with Crippen molar-refractivity contribution in [1.82, 2.24) is 10.2 Å². The van der Waals surface area contributed by atoms with Gasteiger partial charge in [-0.2, -0.15) is 0 Å². The molecule has 1 aromatic rings. The monoisotopic (exact) mass is 266 g/mol. The number of phenols is 1. The van der Waals surface area contributed by atoms with Crippen molar-refractivity contribution in [3.63, 3.8) is 0 Å². The zero-order valence-corrected chi connectivity index (χ0v) is 11.6. The van der Waals surface area contributed by atoms with Gasteiger partial charge in [-0.05, 0) is 37.4 Å². The molecule has 0 radical (unpaired) electrons. The van der Waals surface area contributed by atoms with Crippen LogP contribution in [0.4, 0.5) is 0 Å². The number of likely N-dealkylation sites (N-methyl/N-ethyl adjacent to an activating group) is 1. The van der Waals surface area contributed by atoms with Crippen LogP contribution in [0.2, 0.25) is 0 Å². The average molecular weight is 266 g/mol. The van der Waals surface area contributed by atoms with Gasteiger partial charge in [0.1, 0.15) is 11.5 Å². The molecule has 1 rings (SSSR count). The number of amides is 1. The summed E-state index contributed by atoms with van der Waals surface area (Å²) in [6.07, 6.45) is 0. The molecule has 1 amide bonds. The molecule has 0 aliphatic rings. The molecule has 0 fully saturated rings. The molecule has 0 spiro atoms. The summed E-state index contributed by atoms with van der Waals surface area (Å²) in [7, 11) is 0. The highest BCUT2D eigenvalue weighted by atomic mass is 16.5. The third kappa shape index (κ3) is 6.10. The predicted molar refractivity (Wildman–Crippen MR) is 74.4 cm³/mol. The minimum absolute atomic E-state index is 0.0109. The quantitative estimate of drug-likeness (QED) is 0.743. The van der Waals surface area contributed by atoms with Crippen LogP contribution in [0.1, 0.15) is 13.8 Å². The van der Waals surface area contributed by atoms with Crippen molar-refractivity contribution in [3.05, 3.63) is 24.3 Å². The Labute approximate surface area is 114 Å². The van der Waals surface area contributed by atoms with E-state index < -0.39 is 0 Å². The summed E-state index contributed by atoms with van der Waals surface area (Å²) < 4.78 is 5.30. The third-order valence-corrected chi connectivity index (χ3v) is 2.85. The first-order chi connectivity index (χ1) is 9.15. The number of phenolic OH excluding ortho intramolecular Hbond substituents is 1. The van der Waals surface area contributed by atoms with Gasteiger partial charge in [0.15, 0.2) is 6.61 Å². The van der Waals surface area contributed by atoms with E-state index in [0.29, 0.717) is 12.3 Å². The van der Waals surface area contributed by atoms with Crippen molar-refractivity contribution in [2.24, 2.45) is 0 Å². The number of ether oxygens (including phenoxy) is 1. The number of hydrogen-bond acceptors (Lipinski definition) is 4. The van der Waals surface area contributed by atoms with Gasteiger partial charge in [-0.15, -0.1) is 0 Å². The first kappa shape index (κ1) is 15.3. The highest BCUT2D eigenvalue weighted by Crippen LogP contribution is 2.15. The molecule has 5 heteroatoms. The lowest BCUT2D eigenvalue weighted by atomic mass is 10.3. The van der Waals surface area contributed by atoms with E-state index in [4.69, 9.17) is 9.84 Å². The normalized spacial score (nSPS) is 10.5.